The minimum Gasteiger partial charge on any atom is -0.493 e. The Bertz CT molecular complexity index is 518. The van der Waals surface area contributed by atoms with Crippen LogP contribution in [0, 0.1) is 0 Å². The lowest BCUT2D eigenvalue weighted by Crippen LogP contribution is -2.43. The van der Waals surface area contributed by atoms with E-state index in [0.717, 1.165) is 29.3 Å². The van der Waals surface area contributed by atoms with Gasteiger partial charge in [0.2, 0.25) is 5.91 Å². The van der Waals surface area contributed by atoms with Crippen molar-refractivity contribution in [3.63, 3.8) is 0 Å². The predicted octanol–water partition coefficient (Wildman–Crippen LogP) is 3.07. The van der Waals surface area contributed by atoms with Crippen LogP contribution in [0.2, 0.25) is 0 Å². The average molecular weight is 342 g/mol. The Labute approximate surface area is 128 Å². The van der Waals surface area contributed by atoms with Crippen LogP contribution in [-0.4, -0.2) is 25.7 Å². The first-order valence-electron chi connectivity index (χ1n) is 6.75. The first-order valence-corrected chi connectivity index (χ1v) is 7.54. The summed E-state index contributed by atoms with van der Waals surface area (Å²) < 4.78 is 11.6. The van der Waals surface area contributed by atoms with Crippen molar-refractivity contribution in [2.24, 2.45) is 0 Å². The monoisotopic (exact) mass is 341 g/mol. The zero-order chi connectivity index (χ0) is 14.8. The van der Waals surface area contributed by atoms with Gasteiger partial charge in [0.15, 0.2) is 11.5 Å². The van der Waals surface area contributed by atoms with Crippen molar-refractivity contribution >= 4 is 21.8 Å². The first kappa shape index (κ1) is 15.2. The van der Waals surface area contributed by atoms with Gasteiger partial charge in [-0.05, 0) is 37.0 Å². The van der Waals surface area contributed by atoms with E-state index in [9.17, 15) is 4.79 Å². The van der Waals surface area contributed by atoms with Gasteiger partial charge in [0.05, 0.1) is 14.2 Å². The molecule has 1 aliphatic rings. The molecular weight excluding hydrogens is 322 g/mol. The van der Waals surface area contributed by atoms with Crippen LogP contribution >= 0.6 is 15.9 Å². The molecule has 1 fully saturated rings. The lowest BCUT2D eigenvalue weighted by atomic mass is 9.87. The minimum atomic E-state index is -0.140. The molecule has 1 amide bonds. The van der Waals surface area contributed by atoms with Crippen molar-refractivity contribution in [1.29, 1.82) is 0 Å². The Morgan fingerprint density at radius 1 is 1.30 bits per heavy atom. The molecule has 0 aliphatic carbocycles. The van der Waals surface area contributed by atoms with Gasteiger partial charge in [-0.1, -0.05) is 22.9 Å². The third kappa shape index (κ3) is 2.92. The summed E-state index contributed by atoms with van der Waals surface area (Å²) >= 11 is 3.58. The molecule has 0 bridgehead atoms. The number of rotatable bonds is 5. The van der Waals surface area contributed by atoms with Gasteiger partial charge in [0.1, 0.15) is 0 Å². The lowest BCUT2D eigenvalue weighted by molar-refractivity contribution is -0.119. The summed E-state index contributed by atoms with van der Waals surface area (Å²) in [6.45, 7) is 2.11. The topological polar surface area (TPSA) is 47.6 Å². The molecule has 110 valence electrons. The third-order valence-electron chi connectivity index (χ3n) is 3.99. The summed E-state index contributed by atoms with van der Waals surface area (Å²) in [5.74, 6) is 1.55. The van der Waals surface area contributed by atoms with E-state index in [0.29, 0.717) is 17.9 Å². The number of amides is 1. The van der Waals surface area contributed by atoms with Crippen molar-refractivity contribution in [1.82, 2.24) is 5.32 Å². The van der Waals surface area contributed by atoms with Crippen LogP contribution in [-0.2, 0) is 11.2 Å². The van der Waals surface area contributed by atoms with E-state index in [1.165, 1.54) is 0 Å². The zero-order valence-corrected chi connectivity index (χ0v) is 13.7. The van der Waals surface area contributed by atoms with E-state index in [4.69, 9.17) is 9.47 Å². The van der Waals surface area contributed by atoms with Gasteiger partial charge in [0.25, 0.3) is 0 Å². The molecule has 0 aromatic heterocycles. The fourth-order valence-electron chi connectivity index (χ4n) is 2.69. The Morgan fingerprint density at radius 2 is 1.95 bits per heavy atom. The first-order chi connectivity index (χ1) is 9.53. The molecule has 1 aliphatic heterocycles. The van der Waals surface area contributed by atoms with E-state index in [1.54, 1.807) is 14.2 Å². The maximum absolute atomic E-state index is 11.5. The number of carbonyl (C=O) groups excluding carboxylic acids is 1. The van der Waals surface area contributed by atoms with Crippen LogP contribution in [0.4, 0.5) is 0 Å². The Morgan fingerprint density at radius 3 is 2.45 bits per heavy atom. The quantitative estimate of drug-likeness (QED) is 0.895. The van der Waals surface area contributed by atoms with Crippen LogP contribution in [0.25, 0.3) is 0 Å². The predicted molar refractivity (Wildman–Crippen MR) is 81.3 cm³/mol. The Kier molecular flexibility index (Phi) is 4.58. The molecule has 1 saturated heterocycles. The molecule has 1 atom stereocenters. The number of halogens is 1. The van der Waals surface area contributed by atoms with Gasteiger partial charge in [-0.25, -0.2) is 0 Å². The van der Waals surface area contributed by atoms with E-state index in [-0.39, 0.29) is 11.4 Å². The van der Waals surface area contributed by atoms with Crippen LogP contribution in [0.1, 0.15) is 31.7 Å². The van der Waals surface area contributed by atoms with E-state index in [1.807, 2.05) is 12.1 Å². The highest BCUT2D eigenvalue weighted by Crippen LogP contribution is 2.37. The maximum Gasteiger partial charge on any atom is 0.220 e. The van der Waals surface area contributed by atoms with Crippen molar-refractivity contribution in [2.45, 2.75) is 38.1 Å². The number of carbonyl (C=O) groups is 1. The van der Waals surface area contributed by atoms with Crippen molar-refractivity contribution in [3.8, 4) is 11.5 Å². The molecule has 2 rings (SSSR count). The van der Waals surface area contributed by atoms with E-state index >= 15 is 0 Å². The van der Waals surface area contributed by atoms with Crippen LogP contribution < -0.4 is 14.8 Å². The van der Waals surface area contributed by atoms with Gasteiger partial charge < -0.3 is 14.8 Å². The van der Waals surface area contributed by atoms with Gasteiger partial charge in [-0.15, -0.1) is 0 Å². The number of methoxy groups -OCH3 is 2. The maximum atomic E-state index is 11.5. The smallest absolute Gasteiger partial charge is 0.220 e. The van der Waals surface area contributed by atoms with Crippen molar-refractivity contribution < 1.29 is 14.3 Å². The molecular formula is C15H20BrNO3. The van der Waals surface area contributed by atoms with Crippen LogP contribution in [0.3, 0.4) is 0 Å². The standard InChI is InChI=1S/C15H20BrNO3/c1-4-15(6-5-14(18)17-15)9-10-7-12(19-2)13(20-3)8-11(10)16/h7-8H,4-6,9H2,1-3H3,(H,17,18). The Balaban J connectivity index is 2.31. The summed E-state index contributed by atoms with van der Waals surface area (Å²) in [4.78, 5) is 11.5. The molecule has 1 aromatic carbocycles. The largest absolute Gasteiger partial charge is 0.493 e. The second kappa shape index (κ2) is 6.04. The second-order valence-corrected chi connectivity index (χ2v) is 6.01. The Hall–Kier alpha value is -1.23. The molecule has 4 nitrogen and oxygen atoms in total. The highest BCUT2D eigenvalue weighted by atomic mass is 79.9. The lowest BCUT2D eigenvalue weighted by Gasteiger charge is -2.28. The summed E-state index contributed by atoms with van der Waals surface area (Å²) in [7, 11) is 3.25. The molecule has 20 heavy (non-hydrogen) atoms. The SMILES string of the molecule is CCC1(Cc2cc(OC)c(OC)cc2Br)CCC(=O)N1. The number of hydrogen-bond acceptors (Lipinski definition) is 3. The molecule has 0 radical (unpaired) electrons. The number of benzene rings is 1. The van der Waals surface area contributed by atoms with Crippen LogP contribution in [0.15, 0.2) is 16.6 Å². The summed E-state index contributed by atoms with van der Waals surface area (Å²) in [5.41, 5.74) is 0.978. The molecule has 1 heterocycles. The van der Waals surface area contributed by atoms with Gasteiger partial charge >= 0.3 is 0 Å². The molecule has 0 saturated carbocycles. The molecule has 1 N–H and O–H groups in total. The number of ether oxygens (including phenoxy) is 2. The average Bonchev–Trinajstić information content (AvgIpc) is 2.82. The van der Waals surface area contributed by atoms with Crippen molar-refractivity contribution in [2.75, 3.05) is 14.2 Å². The second-order valence-electron chi connectivity index (χ2n) is 5.16. The molecule has 1 aromatic rings. The summed E-state index contributed by atoms with van der Waals surface area (Å²) in [6, 6.07) is 3.89. The van der Waals surface area contributed by atoms with Gasteiger partial charge in [-0.2, -0.15) is 0 Å². The highest BCUT2D eigenvalue weighted by Gasteiger charge is 2.36. The minimum absolute atomic E-state index is 0.140. The number of nitrogens with one attached hydrogen (secondary N) is 1. The normalized spacial score (nSPS) is 21.7. The zero-order valence-electron chi connectivity index (χ0n) is 12.1. The summed E-state index contributed by atoms with van der Waals surface area (Å²) in [6.07, 6.45) is 3.19. The van der Waals surface area contributed by atoms with Crippen LogP contribution in [0.5, 0.6) is 11.5 Å². The van der Waals surface area contributed by atoms with Gasteiger partial charge in [-0.3, -0.25) is 4.79 Å². The molecule has 1 unspecified atom stereocenters. The fourth-order valence-corrected chi connectivity index (χ4v) is 3.16. The third-order valence-corrected chi connectivity index (χ3v) is 4.73. The molecule has 0 spiro atoms. The van der Waals surface area contributed by atoms with Gasteiger partial charge in [0, 0.05) is 16.4 Å². The number of hydrogen-bond donors (Lipinski definition) is 1. The highest BCUT2D eigenvalue weighted by molar-refractivity contribution is 9.10. The molecule has 5 heteroatoms. The fraction of sp³-hybridized carbons (Fsp3) is 0.533. The summed E-state index contributed by atoms with van der Waals surface area (Å²) in [5, 5.41) is 3.13. The van der Waals surface area contributed by atoms with E-state index < -0.39 is 0 Å². The van der Waals surface area contributed by atoms with E-state index in [2.05, 4.69) is 28.2 Å². The van der Waals surface area contributed by atoms with Crippen molar-refractivity contribution in [3.05, 3.63) is 22.2 Å².